The fraction of sp³-hybridized carbons (Fsp3) is 0.312. The molecule has 0 aliphatic rings. The van der Waals surface area contributed by atoms with Crippen LogP contribution in [0.2, 0.25) is 0 Å². The van der Waals surface area contributed by atoms with Crippen LogP contribution in [0.1, 0.15) is 26.5 Å². The molecule has 0 aliphatic heterocycles. The van der Waals surface area contributed by atoms with Crippen molar-refractivity contribution in [3.8, 4) is 11.1 Å². The first-order valence-corrected chi connectivity index (χ1v) is 6.56. The Labute approximate surface area is 117 Å². The highest BCUT2D eigenvalue weighted by Crippen LogP contribution is 2.28. The number of nitrogens with one attached hydrogen (secondary N) is 1. The number of aromatic amines is 1. The summed E-state index contributed by atoms with van der Waals surface area (Å²) < 4.78 is 0. The minimum absolute atomic E-state index is 0.0252. The Hall–Kier alpha value is -2.23. The highest BCUT2D eigenvalue weighted by molar-refractivity contribution is 5.74. The third-order valence-electron chi connectivity index (χ3n) is 2.95. The van der Waals surface area contributed by atoms with Gasteiger partial charge in [-0.15, -0.1) is 4.91 Å². The van der Waals surface area contributed by atoms with Crippen molar-refractivity contribution < 1.29 is 0 Å². The van der Waals surface area contributed by atoms with Crippen LogP contribution in [0.5, 0.6) is 0 Å². The lowest BCUT2D eigenvalue weighted by molar-refractivity contribution is 0.406. The molecule has 104 valence electrons. The zero-order chi connectivity index (χ0) is 14.8. The minimum atomic E-state index is -0.271. The number of hydrogen-bond donors (Lipinski definition) is 1. The number of rotatable bonds is 3. The van der Waals surface area contributed by atoms with Gasteiger partial charge in [-0.2, -0.15) is 0 Å². The van der Waals surface area contributed by atoms with Crippen molar-refractivity contribution in [2.45, 2.75) is 27.2 Å². The van der Waals surface area contributed by atoms with E-state index in [1.54, 1.807) is 18.2 Å². The largest absolute Gasteiger partial charge is 0.326 e. The maximum atomic E-state index is 12.3. The van der Waals surface area contributed by atoms with Crippen LogP contribution in [0.25, 0.3) is 11.1 Å². The second-order valence-electron chi connectivity index (χ2n) is 6.08. The Morgan fingerprint density at radius 1 is 1.15 bits per heavy atom. The van der Waals surface area contributed by atoms with Crippen LogP contribution in [-0.4, -0.2) is 4.98 Å². The number of benzene rings is 1. The first-order chi connectivity index (χ1) is 9.40. The third-order valence-corrected chi connectivity index (χ3v) is 2.95. The minimum Gasteiger partial charge on any atom is -0.326 e. The summed E-state index contributed by atoms with van der Waals surface area (Å²) in [5, 5.41) is 3.03. The van der Waals surface area contributed by atoms with E-state index in [1.165, 1.54) is 0 Å². The zero-order valence-corrected chi connectivity index (χ0v) is 11.9. The van der Waals surface area contributed by atoms with E-state index in [2.05, 4.69) is 30.9 Å². The molecule has 1 aromatic heterocycles. The molecule has 20 heavy (non-hydrogen) atoms. The number of H-pyrrole nitrogens is 1. The van der Waals surface area contributed by atoms with Crippen molar-refractivity contribution in [1.82, 2.24) is 4.98 Å². The van der Waals surface area contributed by atoms with Gasteiger partial charge in [-0.25, -0.2) is 0 Å². The van der Waals surface area contributed by atoms with E-state index in [4.69, 9.17) is 0 Å². The Bertz CT molecular complexity index is 667. The normalized spacial score (nSPS) is 11.3. The molecule has 0 aliphatic carbocycles. The van der Waals surface area contributed by atoms with Crippen molar-refractivity contribution in [2.75, 3.05) is 0 Å². The van der Waals surface area contributed by atoms with Crippen LogP contribution >= 0.6 is 0 Å². The van der Waals surface area contributed by atoms with E-state index in [0.29, 0.717) is 17.5 Å². The monoisotopic (exact) mass is 270 g/mol. The summed E-state index contributed by atoms with van der Waals surface area (Å²) in [4.78, 5) is 26.2. The fourth-order valence-electron chi connectivity index (χ4n) is 2.22. The van der Waals surface area contributed by atoms with Crippen molar-refractivity contribution in [1.29, 1.82) is 0 Å². The summed E-state index contributed by atoms with van der Waals surface area (Å²) in [7, 11) is 0. The van der Waals surface area contributed by atoms with Crippen molar-refractivity contribution in [2.24, 2.45) is 10.6 Å². The van der Waals surface area contributed by atoms with E-state index in [-0.39, 0.29) is 16.7 Å². The topological polar surface area (TPSA) is 62.3 Å². The maximum Gasteiger partial charge on any atom is 0.258 e. The van der Waals surface area contributed by atoms with E-state index >= 15 is 0 Å². The van der Waals surface area contributed by atoms with Crippen molar-refractivity contribution in [3.63, 3.8) is 0 Å². The van der Waals surface area contributed by atoms with Gasteiger partial charge in [0.15, 0.2) is 0 Å². The molecule has 1 N–H and O–H groups in total. The quantitative estimate of drug-likeness (QED) is 0.856. The van der Waals surface area contributed by atoms with Crippen LogP contribution in [0.15, 0.2) is 46.4 Å². The zero-order valence-electron chi connectivity index (χ0n) is 11.9. The van der Waals surface area contributed by atoms with Gasteiger partial charge in [-0.1, -0.05) is 51.1 Å². The van der Waals surface area contributed by atoms with E-state index in [1.807, 2.05) is 18.2 Å². The van der Waals surface area contributed by atoms with Gasteiger partial charge in [0.1, 0.15) is 5.69 Å². The van der Waals surface area contributed by atoms with Crippen LogP contribution in [-0.2, 0) is 6.42 Å². The van der Waals surface area contributed by atoms with Crippen LogP contribution in [0.3, 0.4) is 0 Å². The summed E-state index contributed by atoms with van der Waals surface area (Å²) in [5.41, 5.74) is 1.71. The number of nitrogens with zero attached hydrogens (tertiary/aromatic N) is 1. The van der Waals surface area contributed by atoms with Crippen LogP contribution in [0, 0.1) is 10.3 Å². The fourth-order valence-corrected chi connectivity index (χ4v) is 2.22. The molecule has 4 heteroatoms. The molecular formula is C16H18N2O2. The molecule has 0 amide bonds. The Morgan fingerprint density at radius 3 is 2.35 bits per heavy atom. The first-order valence-electron chi connectivity index (χ1n) is 6.56. The Kier molecular flexibility index (Phi) is 3.84. The van der Waals surface area contributed by atoms with E-state index in [9.17, 15) is 9.70 Å². The van der Waals surface area contributed by atoms with Crippen LogP contribution < -0.4 is 5.56 Å². The summed E-state index contributed by atoms with van der Waals surface area (Å²) in [6, 6.07) is 10.8. The second-order valence-corrected chi connectivity index (χ2v) is 6.08. The number of hydrogen-bond acceptors (Lipinski definition) is 3. The number of aromatic nitrogens is 1. The average molecular weight is 270 g/mol. The summed E-state index contributed by atoms with van der Waals surface area (Å²) in [6.45, 7) is 6.22. The SMILES string of the molecule is CC(C)(C)Cc1cc(N=O)c(-c2ccccc2)c(=O)[nH]1. The van der Waals surface area contributed by atoms with E-state index in [0.717, 1.165) is 5.69 Å². The summed E-state index contributed by atoms with van der Waals surface area (Å²) in [6.07, 6.45) is 0.680. The lowest BCUT2D eigenvalue weighted by Gasteiger charge is -2.18. The molecule has 0 spiro atoms. The molecule has 0 saturated heterocycles. The molecule has 1 heterocycles. The van der Waals surface area contributed by atoms with Gasteiger partial charge in [0.2, 0.25) is 0 Å². The van der Waals surface area contributed by atoms with Crippen molar-refractivity contribution >= 4 is 5.69 Å². The lowest BCUT2D eigenvalue weighted by atomic mass is 9.90. The predicted molar refractivity (Wildman–Crippen MR) is 81.1 cm³/mol. The molecule has 2 aromatic rings. The van der Waals surface area contributed by atoms with Gasteiger partial charge in [-0.3, -0.25) is 4.79 Å². The second kappa shape index (κ2) is 5.41. The maximum absolute atomic E-state index is 12.3. The molecule has 1 aromatic carbocycles. The Balaban J connectivity index is 2.56. The molecule has 0 fully saturated rings. The van der Waals surface area contributed by atoms with Gasteiger partial charge < -0.3 is 4.98 Å². The first kappa shape index (κ1) is 14.2. The number of nitroso groups, excluding NO2 is 1. The summed E-state index contributed by atoms with van der Waals surface area (Å²) in [5.74, 6) is 0. The summed E-state index contributed by atoms with van der Waals surface area (Å²) >= 11 is 0. The van der Waals surface area contributed by atoms with Gasteiger partial charge in [0, 0.05) is 5.69 Å². The molecule has 0 unspecified atom stereocenters. The standard InChI is InChI=1S/C16H18N2O2/c1-16(2,3)10-12-9-13(18-20)14(15(19)17-12)11-7-5-4-6-8-11/h4-9H,10H2,1-3H3,(H,17,19). The number of pyridine rings is 1. The smallest absolute Gasteiger partial charge is 0.258 e. The molecular weight excluding hydrogens is 252 g/mol. The van der Waals surface area contributed by atoms with Crippen molar-refractivity contribution in [3.05, 3.63) is 57.4 Å². The lowest BCUT2D eigenvalue weighted by Crippen LogP contribution is -2.16. The predicted octanol–water partition coefficient (Wildman–Crippen LogP) is 4.03. The highest BCUT2D eigenvalue weighted by Gasteiger charge is 2.16. The third kappa shape index (κ3) is 3.20. The molecule has 4 nitrogen and oxygen atoms in total. The van der Waals surface area contributed by atoms with Crippen LogP contribution in [0.4, 0.5) is 5.69 Å². The molecule has 0 radical (unpaired) electrons. The highest BCUT2D eigenvalue weighted by atomic mass is 16.3. The van der Waals surface area contributed by atoms with Gasteiger partial charge in [0.05, 0.1) is 5.56 Å². The van der Waals surface area contributed by atoms with E-state index < -0.39 is 0 Å². The molecule has 2 rings (SSSR count). The van der Waals surface area contributed by atoms with Gasteiger partial charge in [0.25, 0.3) is 5.56 Å². The molecule has 0 bridgehead atoms. The Morgan fingerprint density at radius 2 is 1.80 bits per heavy atom. The van der Waals surface area contributed by atoms with Gasteiger partial charge in [-0.05, 0) is 28.6 Å². The molecule has 0 atom stereocenters. The molecule has 0 saturated carbocycles. The van der Waals surface area contributed by atoms with Gasteiger partial charge >= 0.3 is 0 Å². The average Bonchev–Trinajstić information content (AvgIpc) is 2.37.